The molecule has 3 aromatic rings. The van der Waals surface area contributed by atoms with Crippen LogP contribution in [0.4, 0.5) is 17.2 Å². The van der Waals surface area contributed by atoms with Gasteiger partial charge in [0.05, 0.1) is 10.4 Å². The van der Waals surface area contributed by atoms with Crippen molar-refractivity contribution < 1.29 is 9.72 Å². The average molecular weight is 434 g/mol. The van der Waals surface area contributed by atoms with Gasteiger partial charge in [0.25, 0.3) is 5.69 Å². The molecule has 1 amide bonds. The lowest BCUT2D eigenvalue weighted by molar-refractivity contribution is -0.384. The topological polar surface area (TPSA) is 91.6 Å². The van der Waals surface area contributed by atoms with Crippen molar-refractivity contribution in [1.29, 1.82) is 0 Å². The second kappa shape index (κ2) is 10.0. The summed E-state index contributed by atoms with van der Waals surface area (Å²) in [6.07, 6.45) is 3.02. The number of amides is 1. The molecule has 166 valence electrons. The van der Waals surface area contributed by atoms with E-state index in [1.54, 1.807) is 18.2 Å². The van der Waals surface area contributed by atoms with Crippen LogP contribution in [0.15, 0.2) is 54.6 Å². The molecule has 2 aromatic carbocycles. The molecule has 0 fully saturated rings. The lowest BCUT2D eigenvalue weighted by atomic mass is 10.1. The van der Waals surface area contributed by atoms with E-state index in [9.17, 15) is 14.9 Å². The second-order valence-corrected chi connectivity index (χ2v) is 7.93. The predicted octanol–water partition coefficient (Wildman–Crippen LogP) is 4.10. The Hall–Kier alpha value is -3.78. The summed E-state index contributed by atoms with van der Waals surface area (Å²) in [6.45, 7) is 3.85. The van der Waals surface area contributed by atoms with Gasteiger partial charge in [-0.2, -0.15) is 0 Å². The Morgan fingerprint density at radius 1 is 1.09 bits per heavy atom. The maximum Gasteiger partial charge on any atom is 0.269 e. The van der Waals surface area contributed by atoms with E-state index in [-0.39, 0.29) is 11.6 Å². The first kappa shape index (κ1) is 22.9. The Labute approximate surface area is 187 Å². The zero-order valence-electron chi connectivity index (χ0n) is 18.7. The van der Waals surface area contributed by atoms with E-state index in [0.29, 0.717) is 11.3 Å². The number of rotatable bonds is 8. The Kier molecular flexibility index (Phi) is 7.17. The predicted molar refractivity (Wildman–Crippen MR) is 129 cm³/mol. The van der Waals surface area contributed by atoms with Crippen LogP contribution in [0.1, 0.15) is 11.1 Å². The minimum Gasteiger partial charge on any atom is -0.358 e. The fourth-order valence-electron chi connectivity index (χ4n) is 3.18. The molecule has 1 aromatic heterocycles. The minimum atomic E-state index is -0.457. The number of non-ortho nitro benzene ring substituents is 1. The highest BCUT2D eigenvalue weighted by molar-refractivity contribution is 6.03. The number of benzene rings is 2. The van der Waals surface area contributed by atoms with E-state index in [1.165, 1.54) is 18.2 Å². The number of nitro benzene ring substituents is 1. The zero-order chi connectivity index (χ0) is 23.3. The van der Waals surface area contributed by atoms with Crippen molar-refractivity contribution in [2.45, 2.75) is 6.92 Å². The van der Waals surface area contributed by atoms with E-state index in [0.717, 1.165) is 35.4 Å². The fourth-order valence-corrected chi connectivity index (χ4v) is 3.18. The molecule has 0 aliphatic heterocycles. The summed E-state index contributed by atoms with van der Waals surface area (Å²) in [5.74, 6) is 0.632. The van der Waals surface area contributed by atoms with Gasteiger partial charge in [0.15, 0.2) is 0 Å². The highest BCUT2D eigenvalue weighted by atomic mass is 16.6. The second-order valence-electron chi connectivity index (χ2n) is 7.93. The molecular weight excluding hydrogens is 406 g/mol. The number of nitro groups is 1. The van der Waals surface area contributed by atoms with E-state index >= 15 is 0 Å². The van der Waals surface area contributed by atoms with Gasteiger partial charge in [-0.1, -0.05) is 0 Å². The van der Waals surface area contributed by atoms with Gasteiger partial charge in [-0.05, 0) is 74.6 Å². The van der Waals surface area contributed by atoms with Crippen molar-refractivity contribution >= 4 is 40.1 Å². The van der Waals surface area contributed by atoms with Crippen molar-refractivity contribution in [2.75, 3.05) is 44.4 Å². The van der Waals surface area contributed by atoms with E-state index in [1.807, 2.05) is 46.3 Å². The van der Waals surface area contributed by atoms with Gasteiger partial charge >= 0.3 is 0 Å². The number of aryl methyl sites for hydroxylation is 1. The number of aromatic nitrogens is 1. The molecule has 0 radical (unpaired) electrons. The summed E-state index contributed by atoms with van der Waals surface area (Å²) in [5.41, 5.74) is 3.35. The smallest absolute Gasteiger partial charge is 0.269 e. The van der Waals surface area contributed by atoms with Crippen LogP contribution in [0.2, 0.25) is 0 Å². The molecule has 32 heavy (non-hydrogen) atoms. The van der Waals surface area contributed by atoms with Crippen LogP contribution in [-0.4, -0.2) is 54.9 Å². The molecule has 0 aliphatic rings. The summed E-state index contributed by atoms with van der Waals surface area (Å²) < 4.78 is 0. The highest BCUT2D eigenvalue weighted by Gasteiger charge is 2.09. The van der Waals surface area contributed by atoms with E-state index in [2.05, 4.69) is 21.2 Å². The van der Waals surface area contributed by atoms with Gasteiger partial charge in [0, 0.05) is 49.4 Å². The van der Waals surface area contributed by atoms with Crippen LogP contribution in [0, 0.1) is 17.0 Å². The van der Waals surface area contributed by atoms with Gasteiger partial charge < -0.3 is 15.1 Å². The summed E-state index contributed by atoms with van der Waals surface area (Å²) in [6, 6.07) is 13.7. The molecule has 0 spiro atoms. The molecular formula is C24H27N5O3. The first-order valence-electron chi connectivity index (χ1n) is 10.2. The van der Waals surface area contributed by atoms with Crippen LogP contribution in [0.25, 0.3) is 17.0 Å². The molecule has 0 aliphatic carbocycles. The molecule has 0 bridgehead atoms. The SMILES string of the molecule is Cc1cc(N(C)CCN(C)C)nc2ccc(NC(=O)/C=C/c3ccc([N+](=O)[O-])cc3)cc12. The molecule has 0 atom stereocenters. The molecule has 8 nitrogen and oxygen atoms in total. The molecule has 1 N–H and O–H groups in total. The minimum absolute atomic E-state index is 0.0128. The first-order valence-corrected chi connectivity index (χ1v) is 10.2. The summed E-state index contributed by atoms with van der Waals surface area (Å²) in [4.78, 5) is 31.6. The Morgan fingerprint density at radius 2 is 1.81 bits per heavy atom. The number of carbonyl (C=O) groups is 1. The standard InChI is InChI=1S/C24H27N5O3/c1-17-15-23(28(4)14-13-27(2)3)26-22-11-8-19(16-21(17)22)25-24(30)12-7-18-5-9-20(10-6-18)29(31)32/h5-12,15-16H,13-14H2,1-4H3,(H,25,30)/b12-7+. The molecule has 8 heteroatoms. The van der Waals surface area contributed by atoms with Gasteiger partial charge in [-0.3, -0.25) is 14.9 Å². The van der Waals surface area contributed by atoms with E-state index < -0.39 is 4.92 Å². The normalized spacial score (nSPS) is 11.3. The van der Waals surface area contributed by atoms with Crippen LogP contribution in [0.3, 0.4) is 0 Å². The number of anilines is 2. The lowest BCUT2D eigenvalue weighted by Crippen LogP contribution is -2.29. The number of hydrogen-bond donors (Lipinski definition) is 1. The summed E-state index contributed by atoms with van der Waals surface area (Å²) in [5, 5.41) is 14.6. The van der Waals surface area contributed by atoms with Crippen LogP contribution in [0.5, 0.6) is 0 Å². The number of fused-ring (bicyclic) bond motifs is 1. The number of nitrogens with one attached hydrogen (secondary N) is 1. The van der Waals surface area contributed by atoms with Gasteiger partial charge in [-0.15, -0.1) is 0 Å². The third-order valence-corrected chi connectivity index (χ3v) is 5.07. The number of hydrogen-bond acceptors (Lipinski definition) is 6. The highest BCUT2D eigenvalue weighted by Crippen LogP contribution is 2.25. The van der Waals surface area contributed by atoms with Crippen molar-refractivity contribution in [2.24, 2.45) is 0 Å². The van der Waals surface area contributed by atoms with Gasteiger partial charge in [0.2, 0.25) is 5.91 Å². The van der Waals surface area contributed by atoms with Gasteiger partial charge in [0.1, 0.15) is 5.82 Å². The third-order valence-electron chi connectivity index (χ3n) is 5.07. The molecule has 3 rings (SSSR count). The largest absolute Gasteiger partial charge is 0.358 e. The van der Waals surface area contributed by atoms with Crippen molar-refractivity contribution in [3.63, 3.8) is 0 Å². The number of nitrogens with zero attached hydrogens (tertiary/aromatic N) is 4. The lowest BCUT2D eigenvalue weighted by Gasteiger charge is -2.21. The van der Waals surface area contributed by atoms with Crippen LogP contribution >= 0.6 is 0 Å². The van der Waals surface area contributed by atoms with Gasteiger partial charge in [-0.25, -0.2) is 4.98 Å². The van der Waals surface area contributed by atoms with E-state index in [4.69, 9.17) is 4.98 Å². The Balaban J connectivity index is 1.71. The molecule has 0 saturated carbocycles. The number of likely N-dealkylation sites (N-methyl/N-ethyl adjacent to an activating group) is 2. The van der Waals surface area contributed by atoms with Crippen LogP contribution < -0.4 is 10.2 Å². The summed E-state index contributed by atoms with van der Waals surface area (Å²) in [7, 11) is 6.12. The monoisotopic (exact) mass is 433 g/mol. The maximum absolute atomic E-state index is 12.3. The quantitative estimate of drug-likeness (QED) is 0.327. The molecule has 1 heterocycles. The molecule has 0 saturated heterocycles. The van der Waals surface area contributed by atoms with Crippen LogP contribution in [-0.2, 0) is 4.79 Å². The summed E-state index contributed by atoms with van der Waals surface area (Å²) >= 11 is 0. The average Bonchev–Trinajstić information content (AvgIpc) is 2.76. The number of carbonyl (C=O) groups excluding carboxylic acids is 1. The Bertz CT molecular complexity index is 1160. The first-order chi connectivity index (χ1) is 15.2. The van der Waals surface area contributed by atoms with Crippen molar-refractivity contribution in [3.05, 3.63) is 75.8 Å². The maximum atomic E-state index is 12.3. The molecule has 0 unspecified atom stereocenters. The van der Waals surface area contributed by atoms with Crippen molar-refractivity contribution in [1.82, 2.24) is 9.88 Å². The Morgan fingerprint density at radius 3 is 2.47 bits per heavy atom. The van der Waals surface area contributed by atoms with Crippen molar-refractivity contribution in [3.8, 4) is 0 Å². The third kappa shape index (κ3) is 5.89. The number of pyridine rings is 1. The zero-order valence-corrected chi connectivity index (χ0v) is 18.7. The fraction of sp³-hybridized carbons (Fsp3) is 0.250.